The van der Waals surface area contributed by atoms with E-state index in [4.69, 9.17) is 5.73 Å². The number of unbranched alkanes of at least 4 members (excludes halogenated alkanes) is 3. The lowest BCUT2D eigenvalue weighted by atomic mass is 10.0. The number of alkyl halides is 3. The van der Waals surface area contributed by atoms with Crippen LogP contribution in [0.5, 0.6) is 0 Å². The summed E-state index contributed by atoms with van der Waals surface area (Å²) in [5.41, 5.74) is 5.05. The lowest BCUT2D eigenvalue weighted by Crippen LogP contribution is -2.30. The molecule has 0 saturated heterocycles. The maximum atomic E-state index is 12.1. The van der Waals surface area contributed by atoms with Crippen molar-refractivity contribution < 1.29 is 13.2 Å². The molecule has 2 N–H and O–H groups in total. The summed E-state index contributed by atoms with van der Waals surface area (Å²) in [5, 5.41) is 0. The van der Waals surface area contributed by atoms with E-state index in [9.17, 15) is 13.2 Å². The summed E-state index contributed by atoms with van der Waals surface area (Å²) in [5.74, 6) is -1.30. The van der Waals surface area contributed by atoms with Gasteiger partial charge >= 0.3 is 6.18 Å². The van der Waals surface area contributed by atoms with Crippen LogP contribution >= 0.6 is 0 Å². The summed E-state index contributed by atoms with van der Waals surface area (Å²) in [6.07, 6.45) is -0.367. The molecule has 1 nitrogen and oxygen atoms in total. The minimum Gasteiger partial charge on any atom is -0.330 e. The molecular weight excluding hydrogens is 179 g/mol. The Labute approximate surface area is 77.5 Å². The molecule has 4 heteroatoms. The van der Waals surface area contributed by atoms with Crippen LogP contribution in [0.25, 0.3) is 0 Å². The van der Waals surface area contributed by atoms with Crippen LogP contribution in [-0.2, 0) is 0 Å². The minimum absolute atomic E-state index is 0.181. The number of hydrogen-bond acceptors (Lipinski definition) is 1. The predicted octanol–water partition coefficient (Wildman–Crippen LogP) is 3.09. The Morgan fingerprint density at radius 1 is 1.15 bits per heavy atom. The molecule has 0 aromatic heterocycles. The van der Waals surface area contributed by atoms with E-state index in [-0.39, 0.29) is 13.0 Å². The third-order valence-electron chi connectivity index (χ3n) is 2.15. The van der Waals surface area contributed by atoms with Crippen LogP contribution in [-0.4, -0.2) is 12.7 Å². The molecule has 0 aliphatic heterocycles. The second kappa shape index (κ2) is 6.24. The maximum Gasteiger partial charge on any atom is 0.393 e. The smallest absolute Gasteiger partial charge is 0.330 e. The minimum atomic E-state index is -4.11. The molecule has 0 aromatic rings. The van der Waals surface area contributed by atoms with Gasteiger partial charge in [0.15, 0.2) is 0 Å². The third-order valence-corrected chi connectivity index (χ3v) is 2.15. The SMILES string of the molecule is CCCCCCC(CN)C(F)(F)F. The summed E-state index contributed by atoms with van der Waals surface area (Å²) in [7, 11) is 0. The number of hydrogen-bond donors (Lipinski definition) is 1. The van der Waals surface area contributed by atoms with Crippen molar-refractivity contribution in [3.05, 3.63) is 0 Å². The zero-order valence-electron chi connectivity index (χ0n) is 8.03. The molecule has 0 saturated carbocycles. The summed E-state index contributed by atoms with van der Waals surface area (Å²) in [6, 6.07) is 0. The van der Waals surface area contributed by atoms with Crippen molar-refractivity contribution in [2.45, 2.75) is 45.2 Å². The Kier molecular flexibility index (Phi) is 6.12. The molecule has 1 unspecified atom stereocenters. The summed E-state index contributed by atoms with van der Waals surface area (Å²) < 4.78 is 36.4. The van der Waals surface area contributed by atoms with E-state index in [1.54, 1.807) is 0 Å². The second-order valence-electron chi connectivity index (χ2n) is 3.32. The zero-order valence-corrected chi connectivity index (χ0v) is 8.03. The molecule has 0 bridgehead atoms. The van der Waals surface area contributed by atoms with Crippen molar-refractivity contribution in [1.82, 2.24) is 0 Å². The molecule has 1 atom stereocenters. The summed E-state index contributed by atoms with van der Waals surface area (Å²) in [6.45, 7) is 1.75. The first kappa shape index (κ1) is 12.8. The van der Waals surface area contributed by atoms with Gasteiger partial charge in [-0.3, -0.25) is 0 Å². The predicted molar refractivity (Wildman–Crippen MR) is 47.4 cm³/mol. The molecule has 0 spiro atoms. The summed E-state index contributed by atoms with van der Waals surface area (Å²) in [4.78, 5) is 0. The fraction of sp³-hybridized carbons (Fsp3) is 1.00. The van der Waals surface area contributed by atoms with Crippen molar-refractivity contribution in [2.75, 3.05) is 6.54 Å². The third kappa shape index (κ3) is 5.91. The molecule has 0 amide bonds. The van der Waals surface area contributed by atoms with Crippen LogP contribution in [0.1, 0.15) is 39.0 Å². The van der Waals surface area contributed by atoms with Crippen LogP contribution in [0.3, 0.4) is 0 Å². The van der Waals surface area contributed by atoms with Crippen LogP contribution in [0.15, 0.2) is 0 Å². The number of nitrogens with two attached hydrogens (primary N) is 1. The van der Waals surface area contributed by atoms with Gasteiger partial charge in [0.2, 0.25) is 0 Å². The fourth-order valence-corrected chi connectivity index (χ4v) is 1.23. The van der Waals surface area contributed by atoms with E-state index >= 15 is 0 Å². The lowest BCUT2D eigenvalue weighted by Gasteiger charge is -2.17. The topological polar surface area (TPSA) is 26.0 Å². The highest BCUT2D eigenvalue weighted by Gasteiger charge is 2.37. The number of halogens is 3. The van der Waals surface area contributed by atoms with Gasteiger partial charge in [0.05, 0.1) is 5.92 Å². The molecule has 13 heavy (non-hydrogen) atoms. The van der Waals surface area contributed by atoms with Gasteiger partial charge in [-0.05, 0) is 6.42 Å². The van der Waals surface area contributed by atoms with Gasteiger partial charge in [-0.1, -0.05) is 32.6 Å². The Hall–Kier alpha value is -0.250. The Bertz CT molecular complexity index is 123. The molecule has 80 valence electrons. The molecule has 0 aliphatic rings. The van der Waals surface area contributed by atoms with E-state index in [0.29, 0.717) is 6.42 Å². The Morgan fingerprint density at radius 3 is 2.15 bits per heavy atom. The quantitative estimate of drug-likeness (QED) is 0.650. The highest BCUT2D eigenvalue weighted by Crippen LogP contribution is 2.29. The largest absolute Gasteiger partial charge is 0.393 e. The van der Waals surface area contributed by atoms with E-state index < -0.39 is 12.1 Å². The van der Waals surface area contributed by atoms with Crippen LogP contribution in [0, 0.1) is 5.92 Å². The van der Waals surface area contributed by atoms with Gasteiger partial charge in [0, 0.05) is 6.54 Å². The fourth-order valence-electron chi connectivity index (χ4n) is 1.23. The van der Waals surface area contributed by atoms with Gasteiger partial charge in [0.1, 0.15) is 0 Å². The van der Waals surface area contributed by atoms with Crippen molar-refractivity contribution in [2.24, 2.45) is 11.7 Å². The first-order valence-corrected chi connectivity index (χ1v) is 4.79. The molecule has 0 fully saturated rings. The lowest BCUT2D eigenvalue weighted by molar-refractivity contribution is -0.173. The molecule has 0 rings (SSSR count). The van der Waals surface area contributed by atoms with Gasteiger partial charge in [0.25, 0.3) is 0 Å². The highest BCUT2D eigenvalue weighted by molar-refractivity contribution is 4.68. The van der Waals surface area contributed by atoms with Gasteiger partial charge in [-0.25, -0.2) is 0 Å². The van der Waals surface area contributed by atoms with Gasteiger partial charge < -0.3 is 5.73 Å². The first-order valence-electron chi connectivity index (χ1n) is 4.79. The Balaban J connectivity index is 3.61. The average Bonchev–Trinajstić information content (AvgIpc) is 2.02. The van der Waals surface area contributed by atoms with Crippen molar-refractivity contribution in [3.8, 4) is 0 Å². The van der Waals surface area contributed by atoms with Crippen molar-refractivity contribution in [3.63, 3.8) is 0 Å². The van der Waals surface area contributed by atoms with E-state index in [1.807, 2.05) is 6.92 Å². The van der Waals surface area contributed by atoms with Crippen LogP contribution < -0.4 is 5.73 Å². The monoisotopic (exact) mass is 197 g/mol. The number of rotatable bonds is 6. The maximum absolute atomic E-state index is 12.1. The van der Waals surface area contributed by atoms with Crippen LogP contribution in [0.4, 0.5) is 13.2 Å². The van der Waals surface area contributed by atoms with Crippen molar-refractivity contribution in [1.29, 1.82) is 0 Å². The summed E-state index contributed by atoms with van der Waals surface area (Å²) >= 11 is 0. The zero-order chi connectivity index (χ0) is 10.3. The highest BCUT2D eigenvalue weighted by atomic mass is 19.4. The normalized spacial score (nSPS) is 14.5. The second-order valence-corrected chi connectivity index (χ2v) is 3.32. The van der Waals surface area contributed by atoms with E-state index in [1.165, 1.54) is 0 Å². The van der Waals surface area contributed by atoms with Gasteiger partial charge in [-0.2, -0.15) is 13.2 Å². The first-order chi connectivity index (χ1) is 6.02. The van der Waals surface area contributed by atoms with Crippen molar-refractivity contribution >= 4 is 0 Å². The molecule has 0 aromatic carbocycles. The van der Waals surface area contributed by atoms with Crippen LogP contribution in [0.2, 0.25) is 0 Å². The molecule has 0 aliphatic carbocycles. The van der Waals surface area contributed by atoms with E-state index in [2.05, 4.69) is 0 Å². The molecular formula is C9H18F3N. The standard InChI is InChI=1S/C9H18F3N/c1-2-3-4-5-6-8(7-13)9(10,11)12/h8H,2-7,13H2,1H3. The average molecular weight is 197 g/mol. The molecule has 0 heterocycles. The Morgan fingerprint density at radius 2 is 1.77 bits per heavy atom. The molecule has 0 radical (unpaired) electrons. The van der Waals surface area contributed by atoms with Gasteiger partial charge in [-0.15, -0.1) is 0 Å². The van der Waals surface area contributed by atoms with E-state index in [0.717, 1.165) is 19.3 Å².